The fourth-order valence-corrected chi connectivity index (χ4v) is 7.37. The topological polar surface area (TPSA) is 190 Å². The van der Waals surface area contributed by atoms with Gasteiger partial charge in [0.05, 0.1) is 38.8 Å². The number of sulfone groups is 1. The van der Waals surface area contributed by atoms with E-state index >= 15 is 0 Å². The summed E-state index contributed by atoms with van der Waals surface area (Å²) in [4.78, 5) is 16.6. The van der Waals surface area contributed by atoms with E-state index < -0.39 is 56.3 Å². The molecule has 11 nitrogen and oxygen atoms in total. The van der Waals surface area contributed by atoms with E-state index in [0.29, 0.717) is 40.0 Å². The van der Waals surface area contributed by atoms with Gasteiger partial charge in [-0.25, -0.2) is 32.2 Å². The van der Waals surface area contributed by atoms with Crippen LogP contribution in [0.1, 0.15) is 12.1 Å². The van der Waals surface area contributed by atoms with E-state index in [9.17, 15) is 27.4 Å². The molecule has 0 saturated heterocycles. The van der Waals surface area contributed by atoms with E-state index in [0.717, 1.165) is 4.70 Å². The SMILES string of the molecule is Cc1nc(N)nc(N[C@@H]2C[C@H](CS(=O)(=O)c3cc(F)cc(F)c3)[C@@H](O)[C@H]2O)c1-c1nc2c(N)nccc2s1. The average Bonchev–Trinajstić information content (AvgIpc) is 3.36. The molecule has 3 heterocycles. The molecule has 1 aliphatic rings. The summed E-state index contributed by atoms with van der Waals surface area (Å²) in [7, 11) is -4.18. The van der Waals surface area contributed by atoms with Crippen molar-refractivity contribution in [3.05, 3.63) is 47.8 Å². The third-order valence-corrected chi connectivity index (χ3v) is 9.27. The number of halogens is 2. The van der Waals surface area contributed by atoms with E-state index in [-0.39, 0.29) is 24.0 Å². The predicted octanol–water partition coefficient (Wildman–Crippen LogP) is 1.90. The molecule has 200 valence electrons. The highest BCUT2D eigenvalue weighted by molar-refractivity contribution is 7.91. The lowest BCUT2D eigenvalue weighted by Gasteiger charge is -2.20. The minimum Gasteiger partial charge on any atom is -0.390 e. The van der Waals surface area contributed by atoms with Crippen molar-refractivity contribution in [3.63, 3.8) is 0 Å². The van der Waals surface area contributed by atoms with Crippen LogP contribution in [0.2, 0.25) is 0 Å². The molecule has 0 radical (unpaired) electrons. The summed E-state index contributed by atoms with van der Waals surface area (Å²) in [5, 5.41) is 25.0. The molecule has 5 rings (SSSR count). The van der Waals surface area contributed by atoms with Crippen molar-refractivity contribution in [2.45, 2.75) is 36.5 Å². The number of nitrogen functional groups attached to an aromatic ring is 2. The van der Waals surface area contributed by atoms with Crippen LogP contribution in [0.4, 0.5) is 26.4 Å². The summed E-state index contributed by atoms with van der Waals surface area (Å²) < 4.78 is 53.7. The number of aryl methyl sites for hydroxylation is 1. The van der Waals surface area contributed by atoms with Gasteiger partial charge < -0.3 is 27.0 Å². The molecule has 0 bridgehead atoms. The largest absolute Gasteiger partial charge is 0.390 e. The Morgan fingerprint density at radius 2 is 1.82 bits per heavy atom. The number of nitrogens with zero attached hydrogens (tertiary/aromatic N) is 4. The van der Waals surface area contributed by atoms with Crippen LogP contribution >= 0.6 is 11.3 Å². The number of thiazole rings is 1. The lowest BCUT2D eigenvalue weighted by atomic mass is 10.1. The molecule has 1 saturated carbocycles. The number of aliphatic hydroxyl groups excluding tert-OH is 2. The van der Waals surface area contributed by atoms with Crippen LogP contribution in [0, 0.1) is 24.5 Å². The van der Waals surface area contributed by atoms with Gasteiger partial charge in [0.1, 0.15) is 34.1 Å². The number of hydrogen-bond acceptors (Lipinski definition) is 12. The normalized spacial score (nSPS) is 21.7. The van der Waals surface area contributed by atoms with Crippen molar-refractivity contribution in [3.8, 4) is 10.6 Å². The second-order valence-electron chi connectivity index (χ2n) is 9.07. The average molecular weight is 564 g/mol. The number of fused-ring (bicyclic) bond motifs is 1. The van der Waals surface area contributed by atoms with Crippen LogP contribution in [0.15, 0.2) is 35.4 Å². The molecule has 3 aromatic heterocycles. The number of benzene rings is 1. The third kappa shape index (κ3) is 4.84. The number of nitrogens with one attached hydrogen (secondary N) is 1. The molecule has 1 aromatic carbocycles. The van der Waals surface area contributed by atoms with E-state index in [1.807, 2.05) is 0 Å². The zero-order chi connectivity index (χ0) is 27.4. The number of hydrogen-bond donors (Lipinski definition) is 5. The first kappa shape index (κ1) is 26.1. The van der Waals surface area contributed by atoms with Crippen molar-refractivity contribution in [1.82, 2.24) is 19.9 Å². The van der Waals surface area contributed by atoms with Crippen molar-refractivity contribution in [1.29, 1.82) is 0 Å². The van der Waals surface area contributed by atoms with Crippen molar-refractivity contribution in [2.75, 3.05) is 22.5 Å². The maximum absolute atomic E-state index is 13.6. The molecule has 15 heteroatoms. The fraction of sp³-hybridized carbons (Fsp3) is 0.304. The maximum Gasteiger partial charge on any atom is 0.222 e. The summed E-state index contributed by atoms with van der Waals surface area (Å²) in [5.41, 5.74) is 13.3. The molecular weight excluding hydrogens is 540 g/mol. The quantitative estimate of drug-likeness (QED) is 0.230. The zero-order valence-electron chi connectivity index (χ0n) is 19.8. The first-order chi connectivity index (χ1) is 17.9. The first-order valence-corrected chi connectivity index (χ1v) is 13.9. The molecule has 1 aliphatic carbocycles. The first-order valence-electron chi connectivity index (χ1n) is 11.4. The van der Waals surface area contributed by atoms with Gasteiger partial charge in [0.15, 0.2) is 15.7 Å². The van der Waals surface area contributed by atoms with Gasteiger partial charge in [0.25, 0.3) is 0 Å². The number of rotatable bonds is 6. The highest BCUT2D eigenvalue weighted by atomic mass is 32.2. The van der Waals surface area contributed by atoms with Crippen LogP contribution in [0.3, 0.4) is 0 Å². The Labute approximate surface area is 219 Å². The second kappa shape index (κ2) is 9.65. The van der Waals surface area contributed by atoms with Crippen molar-refractivity contribution in [2.24, 2.45) is 5.92 Å². The molecule has 4 aromatic rings. The minimum absolute atomic E-state index is 0.0124. The summed E-state index contributed by atoms with van der Waals surface area (Å²) in [5.74, 6) is -3.20. The Bertz CT molecular complexity index is 1630. The lowest BCUT2D eigenvalue weighted by Crippen LogP contribution is -2.36. The molecule has 0 unspecified atom stereocenters. The molecule has 1 fully saturated rings. The van der Waals surface area contributed by atoms with E-state index in [1.54, 1.807) is 19.2 Å². The standard InChI is InChI=1S/C23H23F2N7O4S2/c1-9-16(22-31-17-15(37-22)2-3-28-20(17)26)21(32-23(27)29-9)30-14-4-10(18(33)19(14)34)8-38(35,36)13-6-11(24)5-12(25)7-13/h2-3,5-7,10,14,18-19,33-34H,4,8H2,1H3,(H2,26,28)(H3,27,29,30,32)/t10-,14-,18-,19+/m1/s1. The Kier molecular flexibility index (Phi) is 6.63. The Hall–Kier alpha value is -3.53. The lowest BCUT2D eigenvalue weighted by molar-refractivity contribution is 0.0216. The minimum atomic E-state index is -4.18. The molecule has 38 heavy (non-hydrogen) atoms. The van der Waals surface area contributed by atoms with Gasteiger partial charge in [-0.1, -0.05) is 0 Å². The van der Waals surface area contributed by atoms with Gasteiger partial charge in [-0.15, -0.1) is 11.3 Å². The van der Waals surface area contributed by atoms with Crippen molar-refractivity contribution < 1.29 is 27.4 Å². The summed E-state index contributed by atoms with van der Waals surface area (Å²) in [6.45, 7) is 1.71. The molecule has 0 aliphatic heterocycles. The third-order valence-electron chi connectivity index (χ3n) is 6.41. The highest BCUT2D eigenvalue weighted by Crippen LogP contribution is 2.39. The monoisotopic (exact) mass is 563 g/mol. The summed E-state index contributed by atoms with van der Waals surface area (Å²) in [6.07, 6.45) is -1.23. The molecule has 4 atom stereocenters. The number of anilines is 3. The van der Waals surface area contributed by atoms with Crippen LogP contribution in [-0.2, 0) is 9.84 Å². The zero-order valence-corrected chi connectivity index (χ0v) is 21.5. The van der Waals surface area contributed by atoms with Crippen LogP contribution < -0.4 is 16.8 Å². The van der Waals surface area contributed by atoms with Gasteiger partial charge in [0.2, 0.25) is 5.95 Å². The summed E-state index contributed by atoms with van der Waals surface area (Å²) >= 11 is 1.32. The number of aliphatic hydroxyl groups is 2. The highest BCUT2D eigenvalue weighted by Gasteiger charge is 2.44. The van der Waals surface area contributed by atoms with Gasteiger partial charge in [-0.05, 0) is 31.5 Å². The van der Waals surface area contributed by atoms with Gasteiger partial charge in [-0.2, -0.15) is 4.98 Å². The van der Waals surface area contributed by atoms with Crippen molar-refractivity contribution >= 4 is 49.0 Å². The van der Waals surface area contributed by atoms with Crippen LogP contribution in [0.25, 0.3) is 20.8 Å². The maximum atomic E-state index is 13.6. The van der Waals surface area contributed by atoms with E-state index in [4.69, 9.17) is 11.5 Å². The molecular formula is C23H23F2N7O4S2. The van der Waals surface area contributed by atoms with Gasteiger partial charge >= 0.3 is 0 Å². The second-order valence-corrected chi connectivity index (χ2v) is 12.1. The van der Waals surface area contributed by atoms with Crippen LogP contribution in [0.5, 0.6) is 0 Å². The van der Waals surface area contributed by atoms with Gasteiger partial charge in [0, 0.05) is 18.2 Å². The molecule has 0 spiro atoms. The number of aromatic nitrogens is 4. The van der Waals surface area contributed by atoms with Crippen LogP contribution in [-0.4, -0.2) is 62.6 Å². The molecule has 7 N–H and O–H groups in total. The number of nitrogens with two attached hydrogens (primary N) is 2. The Balaban J connectivity index is 1.44. The van der Waals surface area contributed by atoms with E-state index in [2.05, 4.69) is 25.3 Å². The predicted molar refractivity (Wildman–Crippen MR) is 138 cm³/mol. The van der Waals surface area contributed by atoms with E-state index in [1.165, 1.54) is 11.3 Å². The Morgan fingerprint density at radius 1 is 1.11 bits per heavy atom. The Morgan fingerprint density at radius 3 is 2.50 bits per heavy atom. The summed E-state index contributed by atoms with van der Waals surface area (Å²) in [6, 6.07) is 2.93. The number of pyridine rings is 1. The molecule has 0 amide bonds. The fourth-order valence-electron chi connectivity index (χ4n) is 4.63. The van der Waals surface area contributed by atoms with Gasteiger partial charge in [-0.3, -0.25) is 0 Å². The smallest absolute Gasteiger partial charge is 0.222 e.